The fourth-order valence-electron chi connectivity index (χ4n) is 1.45. The third-order valence-corrected chi connectivity index (χ3v) is 2.77. The molecule has 1 rings (SSSR count). The minimum Gasteiger partial charge on any atom is -0.377 e. The Hall–Kier alpha value is -0.870. The zero-order chi connectivity index (χ0) is 12.5. The first-order valence-electron chi connectivity index (χ1n) is 5.75. The standard InChI is InChI=1S/C13H18BrNO2/c1-2-17-10-12-6-4-3-5-11(12)9-15-13(16)7-8-14/h3-6H,2,7-10H2,1H3,(H,15,16). The molecule has 0 unspecified atom stereocenters. The average Bonchev–Trinajstić information content (AvgIpc) is 2.35. The molecule has 4 heteroatoms. The number of ether oxygens (including phenoxy) is 1. The normalized spacial score (nSPS) is 10.2. The van der Waals surface area contributed by atoms with Gasteiger partial charge in [-0.3, -0.25) is 4.79 Å². The van der Waals surface area contributed by atoms with Gasteiger partial charge in [0.25, 0.3) is 0 Å². The van der Waals surface area contributed by atoms with Gasteiger partial charge in [0.15, 0.2) is 0 Å². The fraction of sp³-hybridized carbons (Fsp3) is 0.462. The summed E-state index contributed by atoms with van der Waals surface area (Å²) in [5.74, 6) is 0.0630. The predicted octanol–water partition coefficient (Wildman–Crippen LogP) is 2.62. The summed E-state index contributed by atoms with van der Waals surface area (Å²) in [7, 11) is 0. The number of amides is 1. The van der Waals surface area contributed by atoms with Gasteiger partial charge in [-0.25, -0.2) is 0 Å². The maximum absolute atomic E-state index is 11.4. The van der Waals surface area contributed by atoms with Gasteiger partial charge in [-0.2, -0.15) is 0 Å². The molecule has 1 N–H and O–H groups in total. The van der Waals surface area contributed by atoms with Gasteiger partial charge in [-0.1, -0.05) is 40.2 Å². The van der Waals surface area contributed by atoms with Crippen LogP contribution in [0.2, 0.25) is 0 Å². The Morgan fingerprint density at radius 3 is 2.71 bits per heavy atom. The van der Waals surface area contributed by atoms with Crippen molar-refractivity contribution in [1.29, 1.82) is 0 Å². The predicted molar refractivity (Wildman–Crippen MR) is 72.0 cm³/mol. The number of alkyl halides is 1. The molecular weight excluding hydrogens is 282 g/mol. The summed E-state index contributed by atoms with van der Waals surface area (Å²) in [6.45, 7) is 3.83. The zero-order valence-electron chi connectivity index (χ0n) is 10.0. The summed E-state index contributed by atoms with van der Waals surface area (Å²) in [5, 5.41) is 3.59. The summed E-state index contributed by atoms with van der Waals surface area (Å²) in [4.78, 5) is 11.4. The molecule has 0 spiro atoms. The van der Waals surface area contributed by atoms with E-state index in [1.807, 2.05) is 31.2 Å². The van der Waals surface area contributed by atoms with Gasteiger partial charge in [0, 0.05) is 24.9 Å². The van der Waals surface area contributed by atoms with E-state index in [1.54, 1.807) is 0 Å². The molecule has 0 bridgehead atoms. The van der Waals surface area contributed by atoms with Crippen LogP contribution >= 0.6 is 15.9 Å². The highest BCUT2D eigenvalue weighted by molar-refractivity contribution is 9.09. The average molecular weight is 300 g/mol. The van der Waals surface area contributed by atoms with E-state index in [-0.39, 0.29) is 5.91 Å². The highest BCUT2D eigenvalue weighted by Crippen LogP contribution is 2.10. The number of carbonyl (C=O) groups excluding carboxylic acids is 1. The summed E-state index contributed by atoms with van der Waals surface area (Å²) in [6.07, 6.45) is 0.508. The van der Waals surface area contributed by atoms with Gasteiger partial charge in [-0.05, 0) is 18.1 Å². The van der Waals surface area contributed by atoms with Crippen molar-refractivity contribution in [3.8, 4) is 0 Å². The van der Waals surface area contributed by atoms with E-state index >= 15 is 0 Å². The second-order valence-corrected chi connectivity index (χ2v) is 4.41. The summed E-state index contributed by atoms with van der Waals surface area (Å²) >= 11 is 3.24. The molecule has 0 heterocycles. The molecule has 1 aromatic carbocycles. The van der Waals surface area contributed by atoms with Crippen LogP contribution < -0.4 is 5.32 Å². The van der Waals surface area contributed by atoms with Crippen LogP contribution in [0.4, 0.5) is 0 Å². The van der Waals surface area contributed by atoms with Crippen LogP contribution in [0.15, 0.2) is 24.3 Å². The molecule has 0 atom stereocenters. The third kappa shape index (κ3) is 5.33. The molecule has 0 aliphatic carbocycles. The van der Waals surface area contributed by atoms with Crippen LogP contribution in [0.3, 0.4) is 0 Å². The molecule has 1 amide bonds. The van der Waals surface area contributed by atoms with Crippen molar-refractivity contribution in [3.05, 3.63) is 35.4 Å². The van der Waals surface area contributed by atoms with Gasteiger partial charge < -0.3 is 10.1 Å². The highest BCUT2D eigenvalue weighted by atomic mass is 79.9. The van der Waals surface area contributed by atoms with Gasteiger partial charge in [0.2, 0.25) is 5.91 Å². The first-order chi connectivity index (χ1) is 8.27. The van der Waals surface area contributed by atoms with Crippen molar-refractivity contribution in [2.24, 2.45) is 0 Å². The molecule has 0 aromatic heterocycles. The Balaban J connectivity index is 2.54. The molecular formula is C13H18BrNO2. The summed E-state index contributed by atoms with van der Waals surface area (Å²) in [5.41, 5.74) is 2.25. The Kier molecular flexibility index (Phi) is 6.89. The van der Waals surface area contributed by atoms with E-state index in [9.17, 15) is 4.79 Å². The smallest absolute Gasteiger partial charge is 0.221 e. The molecule has 0 aliphatic rings. The molecule has 0 fully saturated rings. The molecule has 0 aliphatic heterocycles. The number of hydrogen-bond acceptors (Lipinski definition) is 2. The van der Waals surface area contributed by atoms with Crippen LogP contribution in [0.25, 0.3) is 0 Å². The van der Waals surface area contributed by atoms with E-state index in [0.717, 1.165) is 11.1 Å². The van der Waals surface area contributed by atoms with Gasteiger partial charge >= 0.3 is 0 Å². The molecule has 94 valence electrons. The number of carbonyl (C=O) groups is 1. The van der Waals surface area contributed by atoms with E-state index in [4.69, 9.17) is 4.74 Å². The minimum atomic E-state index is 0.0630. The quantitative estimate of drug-likeness (QED) is 0.786. The Bertz CT molecular complexity index is 355. The van der Waals surface area contributed by atoms with E-state index in [2.05, 4.69) is 21.2 Å². The number of hydrogen-bond donors (Lipinski definition) is 1. The van der Waals surface area contributed by atoms with Crippen LogP contribution in [-0.2, 0) is 22.7 Å². The van der Waals surface area contributed by atoms with E-state index in [0.29, 0.717) is 31.5 Å². The van der Waals surface area contributed by atoms with Crippen molar-refractivity contribution in [3.63, 3.8) is 0 Å². The lowest BCUT2D eigenvalue weighted by Crippen LogP contribution is -2.23. The lowest BCUT2D eigenvalue weighted by atomic mass is 10.1. The molecule has 0 radical (unpaired) electrons. The lowest BCUT2D eigenvalue weighted by molar-refractivity contribution is -0.120. The molecule has 1 aromatic rings. The van der Waals surface area contributed by atoms with Crippen LogP contribution in [-0.4, -0.2) is 17.8 Å². The van der Waals surface area contributed by atoms with Gasteiger partial charge in [0.1, 0.15) is 0 Å². The molecule has 3 nitrogen and oxygen atoms in total. The summed E-state index contributed by atoms with van der Waals surface area (Å²) in [6, 6.07) is 8.00. The largest absolute Gasteiger partial charge is 0.377 e. The molecule has 0 saturated heterocycles. The number of rotatable bonds is 7. The van der Waals surface area contributed by atoms with Crippen molar-refractivity contribution in [2.75, 3.05) is 11.9 Å². The van der Waals surface area contributed by atoms with Crippen LogP contribution in [0.5, 0.6) is 0 Å². The highest BCUT2D eigenvalue weighted by Gasteiger charge is 2.04. The van der Waals surface area contributed by atoms with Gasteiger partial charge in [0.05, 0.1) is 6.61 Å². The molecule has 0 saturated carbocycles. The Morgan fingerprint density at radius 1 is 1.35 bits per heavy atom. The number of halogens is 1. The topological polar surface area (TPSA) is 38.3 Å². The Labute approximate surface area is 111 Å². The van der Waals surface area contributed by atoms with Crippen molar-refractivity contribution >= 4 is 21.8 Å². The van der Waals surface area contributed by atoms with Crippen molar-refractivity contribution < 1.29 is 9.53 Å². The monoisotopic (exact) mass is 299 g/mol. The van der Waals surface area contributed by atoms with Crippen LogP contribution in [0, 0.1) is 0 Å². The number of nitrogens with one attached hydrogen (secondary N) is 1. The van der Waals surface area contributed by atoms with E-state index in [1.165, 1.54) is 0 Å². The maximum Gasteiger partial charge on any atom is 0.221 e. The first-order valence-corrected chi connectivity index (χ1v) is 6.87. The van der Waals surface area contributed by atoms with Gasteiger partial charge in [-0.15, -0.1) is 0 Å². The minimum absolute atomic E-state index is 0.0630. The zero-order valence-corrected chi connectivity index (χ0v) is 11.6. The van der Waals surface area contributed by atoms with Crippen LogP contribution in [0.1, 0.15) is 24.5 Å². The molecule has 17 heavy (non-hydrogen) atoms. The Morgan fingerprint density at radius 2 is 2.06 bits per heavy atom. The summed E-state index contributed by atoms with van der Waals surface area (Å²) < 4.78 is 5.39. The SMILES string of the molecule is CCOCc1ccccc1CNC(=O)CCBr. The second-order valence-electron chi connectivity index (χ2n) is 3.62. The fourth-order valence-corrected chi connectivity index (χ4v) is 1.81. The third-order valence-electron chi connectivity index (χ3n) is 2.38. The lowest BCUT2D eigenvalue weighted by Gasteiger charge is -2.10. The number of benzene rings is 1. The van der Waals surface area contributed by atoms with Crippen molar-refractivity contribution in [1.82, 2.24) is 5.32 Å². The second kappa shape index (κ2) is 8.25. The van der Waals surface area contributed by atoms with E-state index < -0.39 is 0 Å². The van der Waals surface area contributed by atoms with Crippen molar-refractivity contribution in [2.45, 2.75) is 26.5 Å². The first kappa shape index (κ1) is 14.2. The maximum atomic E-state index is 11.4.